The number of carbonyl (C=O) groups excluding carboxylic acids is 12. The van der Waals surface area contributed by atoms with Crippen LogP contribution in [0.1, 0.15) is 97.8 Å². The Balaban J connectivity index is 6.81. The predicted octanol–water partition coefficient (Wildman–Crippen LogP) is -11.8. The Labute approximate surface area is 486 Å². The summed E-state index contributed by atoms with van der Waals surface area (Å²) in [5, 5.41) is 49.6. The number of rotatable bonds is 42. The Morgan fingerprint density at radius 2 is 0.706 bits per heavy atom. The zero-order valence-corrected chi connectivity index (χ0v) is 47.1. The van der Waals surface area contributed by atoms with E-state index < -0.39 is 175 Å². The minimum absolute atomic E-state index is 0.0128. The van der Waals surface area contributed by atoms with Crippen LogP contribution < -0.4 is 105 Å². The van der Waals surface area contributed by atoms with Crippen LogP contribution >= 0.6 is 0 Å². The fourth-order valence-corrected chi connectivity index (χ4v) is 7.19. The third-order valence-electron chi connectivity index (χ3n) is 11.7. The van der Waals surface area contributed by atoms with Crippen LogP contribution in [0.25, 0.3) is 0 Å². The normalized spacial score (nSPS) is 14.6. The van der Waals surface area contributed by atoms with E-state index in [0.717, 1.165) is 13.8 Å². The van der Waals surface area contributed by atoms with Crippen LogP contribution in [-0.4, -0.2) is 202 Å². The third kappa shape index (κ3) is 32.5. The molecule has 0 saturated carbocycles. The van der Waals surface area contributed by atoms with E-state index in [-0.39, 0.29) is 88.9 Å². The predicted molar refractivity (Wildman–Crippen MR) is 299 cm³/mol. The average molecular weight is 1220 g/mol. The van der Waals surface area contributed by atoms with Gasteiger partial charge in [-0.1, -0.05) is 0 Å². The molecule has 0 rings (SSSR count). The first-order chi connectivity index (χ1) is 39.6. The molecule has 39 heteroatoms. The minimum Gasteiger partial charge on any atom is -0.481 e. The number of nitrogens with two attached hydrogens (primary N) is 10. The Morgan fingerprint density at radius 3 is 1.06 bits per heavy atom. The molecule has 0 aliphatic heterocycles. The van der Waals surface area contributed by atoms with Crippen molar-refractivity contribution in [1.82, 2.24) is 47.9 Å². The number of hydrogen-bond acceptors (Lipinski definition) is 19. The van der Waals surface area contributed by atoms with Gasteiger partial charge in [-0.05, 0) is 72.1 Å². The molecule has 0 bridgehead atoms. The number of nitrogens with one attached hydrogen (secondary N) is 9. The summed E-state index contributed by atoms with van der Waals surface area (Å²) in [6.07, 6.45) is -6.09. The summed E-state index contributed by atoms with van der Waals surface area (Å²) in [5.74, 6) is -17.2. The first kappa shape index (κ1) is 75.3. The monoisotopic (exact) mass is 1210 g/mol. The van der Waals surface area contributed by atoms with Crippen LogP contribution in [0.3, 0.4) is 0 Å². The molecule has 12 amide bonds. The van der Waals surface area contributed by atoms with Gasteiger partial charge in [0.1, 0.15) is 54.4 Å². The number of aliphatic imine (C=N–C) groups is 3. The van der Waals surface area contributed by atoms with Gasteiger partial charge in [-0.15, -0.1) is 0 Å². The number of nitrogens with zero attached hydrogens (tertiary/aromatic N) is 3. The average Bonchev–Trinajstić information content (AvgIpc) is 3.62. The summed E-state index contributed by atoms with van der Waals surface area (Å²) in [5.41, 5.74) is 54.1. The van der Waals surface area contributed by atoms with Gasteiger partial charge >= 0.3 is 11.9 Å². The van der Waals surface area contributed by atoms with Gasteiger partial charge < -0.3 is 121 Å². The molecular weight excluding hydrogens is 1130 g/mol. The second-order valence-corrected chi connectivity index (χ2v) is 19.1. The zero-order chi connectivity index (χ0) is 65.3. The van der Waals surface area contributed by atoms with Crippen LogP contribution in [0.4, 0.5) is 0 Å². The van der Waals surface area contributed by atoms with Gasteiger partial charge in [0.05, 0.1) is 25.0 Å². The largest absolute Gasteiger partial charge is 0.481 e. The van der Waals surface area contributed by atoms with Crippen molar-refractivity contribution in [1.29, 1.82) is 0 Å². The minimum atomic E-state index is -2.00. The van der Waals surface area contributed by atoms with E-state index in [1.165, 1.54) is 6.92 Å². The Bertz CT molecular complexity index is 2470. The number of hydrogen-bond donors (Lipinski definition) is 22. The van der Waals surface area contributed by atoms with Crippen LogP contribution in [0.5, 0.6) is 0 Å². The Morgan fingerprint density at radius 1 is 0.376 bits per heavy atom. The topological polar surface area (TPSA) is 705 Å². The maximum absolute atomic E-state index is 14.0. The molecule has 0 heterocycles. The van der Waals surface area contributed by atoms with Crippen molar-refractivity contribution in [2.24, 2.45) is 72.3 Å². The van der Waals surface area contributed by atoms with E-state index in [1.807, 2.05) is 0 Å². The van der Waals surface area contributed by atoms with Gasteiger partial charge in [0, 0.05) is 32.5 Å². The maximum Gasteiger partial charge on any atom is 0.326 e. The van der Waals surface area contributed by atoms with E-state index in [4.69, 9.17) is 62.4 Å². The molecule has 0 fully saturated rings. The standard InChI is InChI=1S/C46H82N22O17/c1-19(34(75)62-24(8-5-15-58-45(53)54)38(79)63-25(9-6-16-59-46(55)56)39(80)65-26(43(84)85)11-13-32(73)74)61-37(78)23(7-4-14-57-44(51)52)64-40(81)27(17-30(49)71)66-41(82)28(18-31(50)72)67-42(83)33(21(3)69)68-35(76)20(2)60-36(77)22(47)10-12-29(48)70/h19-28,33,69H,4-18,47H2,1-3H3,(H2,48,70)(H2,49,71)(H2,50,72)(H,60,77)(H,61,78)(H,62,75)(H,63,79)(H,64,81)(H,65,80)(H,66,82)(H,67,83)(H,68,76)(H,73,74)(H,84,85)(H4,51,52,57)(H4,53,54,58)(H4,55,56,59)/t19-,20-,21+,22-,23-,24-,25-,26-,27-,28-,33-/m0/s1. The summed E-state index contributed by atoms with van der Waals surface area (Å²) in [7, 11) is 0. The lowest BCUT2D eigenvalue weighted by atomic mass is 10.1. The summed E-state index contributed by atoms with van der Waals surface area (Å²) >= 11 is 0. The number of carbonyl (C=O) groups is 14. The number of aliphatic hydroxyl groups is 1. The number of amides is 12. The molecule has 0 aromatic rings. The van der Waals surface area contributed by atoms with Gasteiger partial charge in [0.2, 0.25) is 70.9 Å². The highest BCUT2D eigenvalue weighted by Gasteiger charge is 2.36. The number of carboxylic acids is 2. The molecule has 0 aliphatic carbocycles. The van der Waals surface area contributed by atoms with Crippen LogP contribution in [0.15, 0.2) is 15.0 Å². The van der Waals surface area contributed by atoms with E-state index in [9.17, 15) is 77.3 Å². The molecule has 0 aromatic heterocycles. The Hall–Kier alpha value is -9.69. The van der Waals surface area contributed by atoms with E-state index in [1.54, 1.807) is 0 Å². The highest BCUT2D eigenvalue weighted by molar-refractivity contribution is 6.00. The van der Waals surface area contributed by atoms with Crippen molar-refractivity contribution >= 4 is 101 Å². The maximum atomic E-state index is 14.0. The summed E-state index contributed by atoms with van der Waals surface area (Å²) in [6.45, 7) is 3.12. The van der Waals surface area contributed by atoms with E-state index in [0.29, 0.717) is 0 Å². The van der Waals surface area contributed by atoms with Gasteiger partial charge in [0.25, 0.3) is 0 Å². The van der Waals surface area contributed by atoms with Gasteiger partial charge in [0.15, 0.2) is 17.9 Å². The molecule has 0 aromatic carbocycles. The second kappa shape index (κ2) is 38.9. The van der Waals surface area contributed by atoms with Gasteiger partial charge in [-0.25, -0.2) is 4.79 Å². The number of carboxylic acid groups (broad SMARTS) is 2. The lowest BCUT2D eigenvalue weighted by Crippen LogP contribution is -2.62. The van der Waals surface area contributed by atoms with Crippen LogP contribution in [0.2, 0.25) is 0 Å². The summed E-state index contributed by atoms with van der Waals surface area (Å²) < 4.78 is 0. The molecule has 0 spiro atoms. The lowest BCUT2D eigenvalue weighted by molar-refractivity contribution is -0.143. The molecule has 0 radical (unpaired) electrons. The van der Waals surface area contributed by atoms with Crippen molar-refractivity contribution in [2.75, 3.05) is 19.6 Å². The van der Waals surface area contributed by atoms with Crippen molar-refractivity contribution < 1.29 is 82.4 Å². The number of guanidine groups is 3. The highest BCUT2D eigenvalue weighted by Crippen LogP contribution is 2.09. The molecule has 32 N–H and O–H groups in total. The third-order valence-corrected chi connectivity index (χ3v) is 11.7. The van der Waals surface area contributed by atoms with Crippen molar-refractivity contribution in [3.8, 4) is 0 Å². The molecule has 85 heavy (non-hydrogen) atoms. The first-order valence-electron chi connectivity index (χ1n) is 26.2. The molecule has 478 valence electrons. The first-order valence-corrected chi connectivity index (χ1v) is 26.2. The summed E-state index contributed by atoms with van der Waals surface area (Å²) in [6, 6.07) is -16.6. The fraction of sp³-hybridized carbons (Fsp3) is 0.630. The molecule has 11 atom stereocenters. The quantitative estimate of drug-likeness (QED) is 0.0153. The lowest BCUT2D eigenvalue weighted by Gasteiger charge is -2.27. The van der Waals surface area contributed by atoms with E-state index >= 15 is 0 Å². The number of primary amides is 3. The number of aliphatic carboxylic acids is 2. The second-order valence-electron chi connectivity index (χ2n) is 19.1. The van der Waals surface area contributed by atoms with Crippen molar-refractivity contribution in [2.45, 2.75) is 164 Å². The fourth-order valence-electron chi connectivity index (χ4n) is 7.19. The summed E-state index contributed by atoms with van der Waals surface area (Å²) in [4.78, 5) is 192. The zero-order valence-electron chi connectivity index (χ0n) is 47.1. The number of aliphatic hydroxyl groups excluding tert-OH is 1. The molecule has 39 nitrogen and oxygen atoms in total. The SMILES string of the molecule is C[C@H](NC(=O)[C@H](CCCN=C(N)N)NC(=O)[C@H](CC(N)=O)NC(=O)[C@H](CC(N)=O)NC(=O)[C@@H](NC(=O)[C@H](C)NC(=O)[C@@H](N)CCC(N)=O)[C@@H](C)O)C(=O)N[C@@H](CCCN=C(N)N)C(=O)N[C@@H](CCCN=C(N)N)C(=O)N[C@@H](CCC(=O)O)C(=O)O. The van der Waals surface area contributed by atoms with Gasteiger partial charge in [-0.3, -0.25) is 77.3 Å². The van der Waals surface area contributed by atoms with E-state index in [2.05, 4.69) is 62.8 Å². The van der Waals surface area contributed by atoms with Crippen molar-refractivity contribution in [3.63, 3.8) is 0 Å². The highest BCUT2D eigenvalue weighted by atomic mass is 16.4. The smallest absolute Gasteiger partial charge is 0.326 e. The van der Waals surface area contributed by atoms with Crippen molar-refractivity contribution in [3.05, 3.63) is 0 Å². The molecule has 0 unspecified atom stereocenters. The molecule has 0 aliphatic rings. The Kier molecular flexibility index (Phi) is 34.5. The van der Waals surface area contributed by atoms with Gasteiger partial charge in [-0.2, -0.15) is 0 Å². The van der Waals surface area contributed by atoms with Crippen LogP contribution in [-0.2, 0) is 67.1 Å². The molecular formula is C46H82N22O17. The van der Waals surface area contributed by atoms with Crippen LogP contribution in [0, 0.1) is 0 Å². The molecule has 0 saturated heterocycles.